The first-order valence-corrected chi connectivity index (χ1v) is 7.45. The first-order chi connectivity index (χ1) is 9.99. The normalized spacial score (nSPS) is 11.0. The second-order valence-corrected chi connectivity index (χ2v) is 6.33. The minimum atomic E-state index is -0.422. The van der Waals surface area contributed by atoms with E-state index in [1.54, 1.807) is 12.1 Å². The largest absolute Gasteiger partial charge is 0.321 e. The van der Waals surface area contributed by atoms with Crippen molar-refractivity contribution in [2.75, 3.05) is 5.32 Å². The van der Waals surface area contributed by atoms with E-state index in [-0.39, 0.29) is 5.57 Å². The number of hydrogen-bond acceptors (Lipinski definition) is 3. The molecule has 0 atom stereocenters. The number of aryl methyl sites for hydroxylation is 2. The van der Waals surface area contributed by atoms with Gasteiger partial charge < -0.3 is 5.32 Å². The van der Waals surface area contributed by atoms with Crippen molar-refractivity contribution in [2.24, 2.45) is 0 Å². The minimum absolute atomic E-state index is 0.0495. The maximum absolute atomic E-state index is 12.2. The molecule has 21 heavy (non-hydrogen) atoms. The zero-order chi connectivity index (χ0) is 15.4. The van der Waals surface area contributed by atoms with Gasteiger partial charge in [0.15, 0.2) is 0 Å². The third kappa shape index (κ3) is 3.94. The lowest BCUT2D eigenvalue weighted by Crippen LogP contribution is -2.14. The third-order valence-electron chi connectivity index (χ3n) is 2.88. The SMILES string of the molecule is Cc1ccc(NC(=O)/C(C#N)=C\c2ccc(Cl)s2)c(C)c1. The van der Waals surface area contributed by atoms with Crippen molar-refractivity contribution in [1.82, 2.24) is 0 Å². The van der Waals surface area contributed by atoms with Gasteiger partial charge in [-0.15, -0.1) is 11.3 Å². The monoisotopic (exact) mass is 316 g/mol. The van der Waals surface area contributed by atoms with E-state index >= 15 is 0 Å². The Morgan fingerprint density at radius 2 is 2.10 bits per heavy atom. The Hall–Kier alpha value is -2.09. The Morgan fingerprint density at radius 3 is 2.67 bits per heavy atom. The topological polar surface area (TPSA) is 52.9 Å². The van der Waals surface area contributed by atoms with Crippen LogP contribution in [0, 0.1) is 25.2 Å². The third-order valence-corrected chi connectivity index (χ3v) is 4.05. The molecule has 0 saturated carbocycles. The molecular weight excluding hydrogens is 304 g/mol. The van der Waals surface area contributed by atoms with Crippen LogP contribution in [0.3, 0.4) is 0 Å². The number of carbonyl (C=O) groups is 1. The Kier molecular flexibility index (Phi) is 4.79. The van der Waals surface area contributed by atoms with Gasteiger partial charge in [-0.05, 0) is 43.7 Å². The number of amides is 1. The summed E-state index contributed by atoms with van der Waals surface area (Å²) in [5.41, 5.74) is 2.83. The van der Waals surface area contributed by atoms with Crippen molar-refractivity contribution in [3.8, 4) is 6.07 Å². The molecule has 0 bridgehead atoms. The lowest BCUT2D eigenvalue weighted by atomic mass is 10.1. The summed E-state index contributed by atoms with van der Waals surface area (Å²) in [6.07, 6.45) is 1.54. The molecule has 0 aliphatic rings. The molecule has 2 rings (SSSR count). The van der Waals surface area contributed by atoms with Crippen LogP contribution in [0.2, 0.25) is 4.34 Å². The summed E-state index contributed by atoms with van der Waals surface area (Å²) in [5.74, 6) is -0.422. The second kappa shape index (κ2) is 6.57. The highest BCUT2D eigenvalue weighted by Gasteiger charge is 2.11. The molecule has 106 valence electrons. The van der Waals surface area contributed by atoms with E-state index < -0.39 is 5.91 Å². The minimum Gasteiger partial charge on any atom is -0.321 e. The Balaban J connectivity index is 2.21. The van der Waals surface area contributed by atoms with E-state index in [0.717, 1.165) is 16.0 Å². The van der Waals surface area contributed by atoms with E-state index in [1.807, 2.05) is 38.1 Å². The van der Waals surface area contributed by atoms with Crippen molar-refractivity contribution in [3.63, 3.8) is 0 Å². The van der Waals surface area contributed by atoms with Crippen LogP contribution in [0.15, 0.2) is 35.9 Å². The van der Waals surface area contributed by atoms with Crippen LogP contribution < -0.4 is 5.32 Å². The fourth-order valence-corrected chi connectivity index (χ4v) is 2.84. The van der Waals surface area contributed by atoms with Gasteiger partial charge in [0.25, 0.3) is 5.91 Å². The predicted molar refractivity (Wildman–Crippen MR) is 87.5 cm³/mol. The van der Waals surface area contributed by atoms with Crippen LogP contribution >= 0.6 is 22.9 Å². The van der Waals surface area contributed by atoms with Gasteiger partial charge in [-0.2, -0.15) is 5.26 Å². The summed E-state index contributed by atoms with van der Waals surface area (Å²) in [6, 6.07) is 11.2. The highest BCUT2D eigenvalue weighted by atomic mass is 35.5. The standard InChI is InChI=1S/C16H13ClN2OS/c1-10-3-5-14(11(2)7-10)19-16(20)12(9-18)8-13-4-6-15(17)21-13/h3-8H,1-2H3,(H,19,20)/b12-8-. The molecule has 0 unspecified atom stereocenters. The molecule has 0 aliphatic carbocycles. The van der Waals surface area contributed by atoms with Gasteiger partial charge >= 0.3 is 0 Å². The number of rotatable bonds is 3. The van der Waals surface area contributed by atoms with E-state index in [4.69, 9.17) is 16.9 Å². The van der Waals surface area contributed by atoms with Crippen LogP contribution in [0.1, 0.15) is 16.0 Å². The molecule has 0 fully saturated rings. The Bertz CT molecular complexity index is 756. The number of nitrogens with zero attached hydrogens (tertiary/aromatic N) is 1. The van der Waals surface area contributed by atoms with Gasteiger partial charge in [0.05, 0.1) is 4.34 Å². The van der Waals surface area contributed by atoms with Gasteiger partial charge in [0.2, 0.25) is 0 Å². The van der Waals surface area contributed by atoms with Crippen molar-refractivity contribution < 1.29 is 4.79 Å². The van der Waals surface area contributed by atoms with Gasteiger partial charge in [0, 0.05) is 10.6 Å². The van der Waals surface area contributed by atoms with Crippen LogP contribution in [0.5, 0.6) is 0 Å². The van der Waals surface area contributed by atoms with Gasteiger partial charge in [-0.3, -0.25) is 4.79 Å². The van der Waals surface area contributed by atoms with Crippen LogP contribution in [-0.2, 0) is 4.79 Å². The molecule has 1 heterocycles. The summed E-state index contributed by atoms with van der Waals surface area (Å²) in [5, 5.41) is 11.9. The first kappa shape index (κ1) is 15.3. The zero-order valence-corrected chi connectivity index (χ0v) is 13.2. The maximum Gasteiger partial charge on any atom is 0.266 e. The van der Waals surface area contributed by atoms with Crippen molar-refractivity contribution in [1.29, 1.82) is 5.26 Å². The lowest BCUT2D eigenvalue weighted by molar-refractivity contribution is -0.112. The number of benzene rings is 1. The predicted octanol–water partition coefficient (Wildman–Crippen LogP) is 4.56. The molecule has 1 aromatic heterocycles. The molecule has 0 saturated heterocycles. The van der Waals surface area contributed by atoms with Gasteiger partial charge in [0.1, 0.15) is 11.6 Å². The number of hydrogen-bond donors (Lipinski definition) is 1. The Labute approximate surface area is 132 Å². The summed E-state index contributed by atoms with van der Waals surface area (Å²) >= 11 is 7.16. The Morgan fingerprint density at radius 1 is 1.33 bits per heavy atom. The van der Waals surface area contributed by atoms with Gasteiger partial charge in [-0.25, -0.2) is 0 Å². The fraction of sp³-hybridized carbons (Fsp3) is 0.125. The number of nitrogens with one attached hydrogen (secondary N) is 1. The number of nitriles is 1. The molecule has 1 aromatic carbocycles. The van der Waals surface area contributed by atoms with E-state index in [9.17, 15) is 4.79 Å². The molecule has 5 heteroatoms. The van der Waals surface area contributed by atoms with E-state index in [2.05, 4.69) is 5.32 Å². The van der Waals surface area contributed by atoms with Crippen molar-refractivity contribution in [3.05, 3.63) is 56.2 Å². The van der Waals surface area contributed by atoms with Gasteiger partial charge in [-0.1, -0.05) is 29.3 Å². The zero-order valence-electron chi connectivity index (χ0n) is 11.6. The average molecular weight is 317 g/mol. The fourth-order valence-electron chi connectivity index (χ4n) is 1.84. The van der Waals surface area contributed by atoms with Crippen LogP contribution in [0.25, 0.3) is 6.08 Å². The second-order valence-electron chi connectivity index (χ2n) is 4.58. The lowest BCUT2D eigenvalue weighted by Gasteiger charge is -2.08. The molecule has 2 aromatic rings. The molecule has 1 N–H and O–H groups in total. The number of anilines is 1. The molecular formula is C16H13ClN2OS. The molecule has 0 aliphatic heterocycles. The van der Waals surface area contributed by atoms with Crippen molar-refractivity contribution >= 4 is 40.6 Å². The molecule has 3 nitrogen and oxygen atoms in total. The summed E-state index contributed by atoms with van der Waals surface area (Å²) < 4.78 is 0.619. The maximum atomic E-state index is 12.2. The smallest absolute Gasteiger partial charge is 0.266 e. The van der Waals surface area contributed by atoms with E-state index in [1.165, 1.54) is 17.4 Å². The quantitative estimate of drug-likeness (QED) is 0.666. The van der Waals surface area contributed by atoms with E-state index in [0.29, 0.717) is 10.0 Å². The highest BCUT2D eigenvalue weighted by Crippen LogP contribution is 2.24. The summed E-state index contributed by atoms with van der Waals surface area (Å²) in [4.78, 5) is 12.9. The first-order valence-electron chi connectivity index (χ1n) is 6.25. The summed E-state index contributed by atoms with van der Waals surface area (Å²) in [6.45, 7) is 3.90. The highest BCUT2D eigenvalue weighted by molar-refractivity contribution is 7.17. The molecule has 1 amide bonds. The molecule has 0 radical (unpaired) electrons. The molecule has 0 spiro atoms. The van der Waals surface area contributed by atoms with Crippen molar-refractivity contribution in [2.45, 2.75) is 13.8 Å². The number of thiophene rings is 1. The van der Waals surface area contributed by atoms with Crippen LogP contribution in [-0.4, -0.2) is 5.91 Å². The number of halogens is 1. The number of carbonyl (C=O) groups excluding carboxylic acids is 1. The average Bonchev–Trinajstić information content (AvgIpc) is 2.84. The summed E-state index contributed by atoms with van der Waals surface area (Å²) in [7, 11) is 0. The van der Waals surface area contributed by atoms with Crippen LogP contribution in [0.4, 0.5) is 5.69 Å².